The average Bonchev–Trinajstić information content (AvgIpc) is 3.65. The van der Waals surface area contributed by atoms with Crippen molar-refractivity contribution in [1.29, 1.82) is 0 Å². The van der Waals surface area contributed by atoms with Crippen LogP contribution in [-0.4, -0.2) is 57.0 Å². The molecule has 0 unspecified atom stereocenters. The second-order valence-corrected chi connectivity index (χ2v) is 9.26. The standard InChI is InChI=1S/C27H21N7O5/c35-23(33-22(18-9-5-2-6-10-18)15-21(29-33)17-7-3-1-4-8-17)16-31-25-24(28-30-31)26(36)32(27(25)37)19-11-13-20(14-12-19)34(38)39/h1-14,22,24-25H,15-16H2/t22-,24-,25+/m1/s1. The van der Waals surface area contributed by atoms with Gasteiger partial charge in [0.2, 0.25) is 0 Å². The fraction of sp³-hybridized carbons (Fsp3) is 0.185. The molecular formula is C27H21N7O5. The highest BCUT2D eigenvalue weighted by Gasteiger charge is 2.55. The maximum absolute atomic E-state index is 13.6. The summed E-state index contributed by atoms with van der Waals surface area (Å²) in [6.07, 6.45) is 0.513. The maximum Gasteiger partial charge on any atom is 0.269 e. The minimum atomic E-state index is -1.10. The number of carbonyl (C=O) groups is 3. The number of amides is 3. The van der Waals surface area contributed by atoms with E-state index < -0.39 is 34.7 Å². The number of nitrogens with zero attached hydrogens (tertiary/aromatic N) is 7. The van der Waals surface area contributed by atoms with Crippen LogP contribution in [0, 0.1) is 10.1 Å². The Morgan fingerprint density at radius 3 is 2.26 bits per heavy atom. The number of fused-ring (bicyclic) bond motifs is 1. The van der Waals surface area contributed by atoms with Crippen molar-refractivity contribution in [3.05, 3.63) is 106 Å². The van der Waals surface area contributed by atoms with Crippen LogP contribution in [0.2, 0.25) is 0 Å². The van der Waals surface area contributed by atoms with E-state index in [9.17, 15) is 24.5 Å². The third kappa shape index (κ3) is 4.21. The SMILES string of the molecule is O=C1[C@@H]2[C@@H](N=NN2CC(=O)N2N=C(c3ccccc3)C[C@@H]2c2ccccc2)C(=O)N1c1ccc([N+](=O)[O-])cc1. The molecule has 0 bridgehead atoms. The van der Waals surface area contributed by atoms with Gasteiger partial charge in [-0.1, -0.05) is 65.9 Å². The Kier molecular flexibility index (Phi) is 5.91. The minimum absolute atomic E-state index is 0.168. The summed E-state index contributed by atoms with van der Waals surface area (Å²) >= 11 is 0. The quantitative estimate of drug-likeness (QED) is 0.276. The Morgan fingerprint density at radius 2 is 1.59 bits per heavy atom. The largest absolute Gasteiger partial charge is 0.271 e. The molecule has 0 N–H and O–H groups in total. The molecule has 0 saturated carbocycles. The van der Waals surface area contributed by atoms with Gasteiger partial charge in [0.25, 0.3) is 23.4 Å². The van der Waals surface area contributed by atoms with Gasteiger partial charge < -0.3 is 0 Å². The number of nitro benzene ring substituents is 1. The number of nitro groups is 1. The molecule has 0 radical (unpaired) electrons. The van der Waals surface area contributed by atoms with Gasteiger partial charge in [0.15, 0.2) is 12.1 Å². The molecule has 3 aromatic rings. The molecule has 1 saturated heterocycles. The molecule has 39 heavy (non-hydrogen) atoms. The van der Waals surface area contributed by atoms with Crippen molar-refractivity contribution in [3.8, 4) is 0 Å². The van der Waals surface area contributed by atoms with Gasteiger partial charge in [-0.2, -0.15) is 10.2 Å². The average molecular weight is 524 g/mol. The van der Waals surface area contributed by atoms with E-state index in [1.54, 1.807) is 0 Å². The number of benzene rings is 3. The van der Waals surface area contributed by atoms with E-state index >= 15 is 0 Å². The third-order valence-corrected chi connectivity index (χ3v) is 6.93. The van der Waals surface area contributed by atoms with Crippen LogP contribution in [0.1, 0.15) is 23.6 Å². The lowest BCUT2D eigenvalue weighted by atomic mass is 9.98. The molecule has 12 nitrogen and oxygen atoms in total. The molecular weight excluding hydrogens is 502 g/mol. The lowest BCUT2D eigenvalue weighted by Crippen LogP contribution is -2.44. The number of hydrogen-bond donors (Lipinski definition) is 0. The van der Waals surface area contributed by atoms with Crippen molar-refractivity contribution in [3.63, 3.8) is 0 Å². The zero-order valence-corrected chi connectivity index (χ0v) is 20.4. The second kappa shape index (κ2) is 9.56. The first-order valence-electron chi connectivity index (χ1n) is 12.2. The predicted octanol–water partition coefficient (Wildman–Crippen LogP) is 3.27. The minimum Gasteiger partial charge on any atom is -0.271 e. The molecule has 3 atom stereocenters. The Labute approximate surface area is 222 Å². The summed E-state index contributed by atoms with van der Waals surface area (Å²) in [7, 11) is 0. The number of non-ortho nitro benzene ring substituents is 1. The molecule has 1 fully saturated rings. The molecule has 3 amide bonds. The maximum atomic E-state index is 13.6. The highest BCUT2D eigenvalue weighted by atomic mass is 16.6. The molecule has 0 spiro atoms. The first kappa shape index (κ1) is 24.1. The highest BCUT2D eigenvalue weighted by molar-refractivity contribution is 6.25. The molecule has 3 aliphatic rings. The van der Waals surface area contributed by atoms with Crippen LogP contribution in [0.25, 0.3) is 0 Å². The van der Waals surface area contributed by atoms with Crippen LogP contribution < -0.4 is 4.90 Å². The Hall–Kier alpha value is -5.26. The number of carbonyl (C=O) groups excluding carboxylic acids is 3. The number of hydrazone groups is 1. The van der Waals surface area contributed by atoms with Crippen molar-refractivity contribution in [2.24, 2.45) is 15.4 Å². The monoisotopic (exact) mass is 523 g/mol. The van der Waals surface area contributed by atoms with E-state index in [1.165, 1.54) is 34.3 Å². The lowest BCUT2D eigenvalue weighted by molar-refractivity contribution is -0.384. The fourth-order valence-corrected chi connectivity index (χ4v) is 5.02. The van der Waals surface area contributed by atoms with E-state index in [1.807, 2.05) is 60.7 Å². The fourth-order valence-electron chi connectivity index (χ4n) is 5.02. The zero-order valence-electron chi connectivity index (χ0n) is 20.4. The normalized spacial score (nSPS) is 21.9. The molecule has 3 aliphatic heterocycles. The number of imide groups is 1. The number of anilines is 1. The van der Waals surface area contributed by atoms with Gasteiger partial charge in [0.05, 0.1) is 22.4 Å². The van der Waals surface area contributed by atoms with E-state index in [0.717, 1.165) is 21.7 Å². The molecule has 194 valence electrons. The van der Waals surface area contributed by atoms with Crippen molar-refractivity contribution in [2.45, 2.75) is 24.5 Å². The van der Waals surface area contributed by atoms with Crippen LogP contribution in [0.4, 0.5) is 11.4 Å². The summed E-state index contributed by atoms with van der Waals surface area (Å²) in [5, 5.41) is 26.2. The van der Waals surface area contributed by atoms with Crippen molar-refractivity contribution >= 4 is 34.8 Å². The van der Waals surface area contributed by atoms with Gasteiger partial charge in [0.1, 0.15) is 6.54 Å². The van der Waals surface area contributed by atoms with Gasteiger partial charge in [-0.25, -0.2) is 9.91 Å². The van der Waals surface area contributed by atoms with Gasteiger partial charge in [0, 0.05) is 18.6 Å². The molecule has 3 aromatic carbocycles. The van der Waals surface area contributed by atoms with Crippen LogP contribution in [-0.2, 0) is 14.4 Å². The van der Waals surface area contributed by atoms with Gasteiger partial charge in [-0.05, 0) is 23.3 Å². The summed E-state index contributed by atoms with van der Waals surface area (Å²) in [5.41, 5.74) is 2.60. The van der Waals surface area contributed by atoms with Crippen LogP contribution >= 0.6 is 0 Å². The van der Waals surface area contributed by atoms with Crippen molar-refractivity contribution < 1.29 is 19.3 Å². The van der Waals surface area contributed by atoms with Gasteiger partial charge >= 0.3 is 0 Å². The number of hydrogen-bond acceptors (Lipinski definition) is 9. The van der Waals surface area contributed by atoms with Crippen LogP contribution in [0.3, 0.4) is 0 Å². The summed E-state index contributed by atoms with van der Waals surface area (Å²) in [4.78, 5) is 51.3. The second-order valence-electron chi connectivity index (χ2n) is 9.26. The van der Waals surface area contributed by atoms with Crippen molar-refractivity contribution in [1.82, 2.24) is 10.0 Å². The predicted molar refractivity (Wildman–Crippen MR) is 138 cm³/mol. The third-order valence-electron chi connectivity index (χ3n) is 6.93. The summed E-state index contributed by atoms with van der Waals surface area (Å²) in [5.74, 6) is -1.61. The number of rotatable bonds is 6. The topological polar surface area (TPSA) is 141 Å². The molecule has 0 aliphatic carbocycles. The molecule has 3 heterocycles. The Bertz CT molecular complexity index is 1530. The van der Waals surface area contributed by atoms with Crippen LogP contribution in [0.5, 0.6) is 0 Å². The van der Waals surface area contributed by atoms with Crippen molar-refractivity contribution in [2.75, 3.05) is 11.4 Å². The molecule has 0 aromatic heterocycles. The van der Waals surface area contributed by atoms with E-state index in [-0.39, 0.29) is 24.0 Å². The summed E-state index contributed by atoms with van der Waals surface area (Å²) < 4.78 is 0. The van der Waals surface area contributed by atoms with E-state index in [2.05, 4.69) is 15.4 Å². The van der Waals surface area contributed by atoms with Crippen LogP contribution in [0.15, 0.2) is 100 Å². The first-order valence-corrected chi connectivity index (χ1v) is 12.2. The Balaban J connectivity index is 1.24. The summed E-state index contributed by atoms with van der Waals surface area (Å²) in [6.45, 7) is -0.313. The van der Waals surface area contributed by atoms with Gasteiger partial charge in [-0.3, -0.25) is 29.5 Å². The Morgan fingerprint density at radius 1 is 0.923 bits per heavy atom. The lowest BCUT2D eigenvalue weighted by Gasteiger charge is -2.25. The molecule has 6 rings (SSSR count). The molecule has 12 heteroatoms. The highest BCUT2D eigenvalue weighted by Crippen LogP contribution is 2.35. The van der Waals surface area contributed by atoms with E-state index in [0.29, 0.717) is 6.42 Å². The first-order chi connectivity index (χ1) is 18.9. The van der Waals surface area contributed by atoms with Gasteiger partial charge in [-0.15, -0.1) is 0 Å². The van der Waals surface area contributed by atoms with E-state index in [4.69, 9.17) is 0 Å². The smallest absolute Gasteiger partial charge is 0.269 e. The summed E-state index contributed by atoms with van der Waals surface area (Å²) in [6, 6.07) is 21.7. The zero-order chi connectivity index (χ0) is 27.1.